The first-order chi connectivity index (χ1) is 18.0. The summed E-state index contributed by atoms with van der Waals surface area (Å²) in [6.07, 6.45) is 3.03. The Kier molecular flexibility index (Phi) is 8.30. The van der Waals surface area contributed by atoms with Gasteiger partial charge >= 0.3 is 0 Å². The number of aromatic nitrogens is 2. The van der Waals surface area contributed by atoms with Gasteiger partial charge in [0.05, 0.1) is 12.3 Å². The number of hydrogen-bond acceptors (Lipinski definition) is 7. The van der Waals surface area contributed by atoms with Crippen LogP contribution in [-0.2, 0) is 10.0 Å². The highest BCUT2D eigenvalue weighted by molar-refractivity contribution is 7.90. The molecular formula is C28H32FN3O5S. The zero-order valence-electron chi connectivity index (χ0n) is 21.8. The van der Waals surface area contributed by atoms with Gasteiger partial charge in [-0.3, -0.25) is 4.79 Å². The van der Waals surface area contributed by atoms with E-state index in [-0.39, 0.29) is 40.3 Å². The Bertz CT molecular complexity index is 1390. The molecule has 1 amide bonds. The number of pyridine rings is 2. The molecule has 2 unspecified atom stereocenters. The fourth-order valence-electron chi connectivity index (χ4n) is 4.43. The topological polar surface area (TPSA) is 107 Å². The van der Waals surface area contributed by atoms with Crippen LogP contribution in [0.3, 0.4) is 0 Å². The summed E-state index contributed by atoms with van der Waals surface area (Å²) in [5, 5.41) is -0.285. The van der Waals surface area contributed by atoms with Gasteiger partial charge in [0, 0.05) is 17.8 Å². The third-order valence-electron chi connectivity index (χ3n) is 6.44. The fraction of sp³-hybridized carbons (Fsp3) is 0.393. The second-order valence-corrected chi connectivity index (χ2v) is 11.8. The predicted molar refractivity (Wildman–Crippen MR) is 141 cm³/mol. The Balaban J connectivity index is 1.71. The van der Waals surface area contributed by atoms with Gasteiger partial charge in [-0.05, 0) is 67.0 Å². The Labute approximate surface area is 222 Å². The van der Waals surface area contributed by atoms with E-state index < -0.39 is 21.7 Å². The Morgan fingerprint density at radius 2 is 1.84 bits per heavy atom. The number of benzene rings is 1. The van der Waals surface area contributed by atoms with Gasteiger partial charge in [0.1, 0.15) is 23.2 Å². The van der Waals surface area contributed by atoms with E-state index >= 15 is 0 Å². The highest BCUT2D eigenvalue weighted by atomic mass is 32.2. The lowest BCUT2D eigenvalue weighted by molar-refractivity contribution is 0.0954. The van der Waals surface area contributed by atoms with Crippen LogP contribution in [-0.4, -0.2) is 37.0 Å². The molecule has 1 N–H and O–H groups in total. The number of carbonyl (C=O) groups is 1. The van der Waals surface area contributed by atoms with Crippen molar-refractivity contribution >= 4 is 15.9 Å². The van der Waals surface area contributed by atoms with Gasteiger partial charge in [0.2, 0.25) is 5.88 Å². The van der Waals surface area contributed by atoms with Crippen molar-refractivity contribution in [3.63, 3.8) is 0 Å². The van der Waals surface area contributed by atoms with Gasteiger partial charge in [-0.2, -0.15) is 8.42 Å². The zero-order valence-corrected chi connectivity index (χ0v) is 22.7. The molecule has 2 heterocycles. The van der Waals surface area contributed by atoms with Gasteiger partial charge in [-0.1, -0.05) is 33.8 Å². The number of rotatable bonds is 9. The van der Waals surface area contributed by atoms with Crippen LogP contribution in [0.5, 0.6) is 11.6 Å². The van der Waals surface area contributed by atoms with Gasteiger partial charge in [0.25, 0.3) is 15.9 Å². The zero-order chi connectivity index (χ0) is 27.4. The molecule has 1 aliphatic carbocycles. The molecule has 3 aromatic rings. The molecule has 202 valence electrons. The normalized spacial score (nSPS) is 19.4. The average Bonchev–Trinajstić information content (AvgIpc) is 3.19. The minimum Gasteiger partial charge on any atom is -0.493 e. The van der Waals surface area contributed by atoms with Gasteiger partial charge in [-0.25, -0.2) is 19.1 Å². The molecule has 1 fully saturated rings. The molecule has 0 saturated heterocycles. The monoisotopic (exact) mass is 541 g/mol. The molecule has 1 saturated carbocycles. The van der Waals surface area contributed by atoms with E-state index in [1.807, 2.05) is 13.8 Å². The largest absolute Gasteiger partial charge is 0.493 e. The summed E-state index contributed by atoms with van der Waals surface area (Å²) in [6, 6.07) is 11.6. The van der Waals surface area contributed by atoms with Crippen LogP contribution in [0.25, 0.3) is 11.3 Å². The second kappa shape index (κ2) is 11.5. The van der Waals surface area contributed by atoms with E-state index in [1.165, 1.54) is 42.6 Å². The molecule has 0 aliphatic heterocycles. The summed E-state index contributed by atoms with van der Waals surface area (Å²) < 4.78 is 53.9. The minimum atomic E-state index is -4.22. The maximum atomic E-state index is 14.4. The molecule has 2 aromatic heterocycles. The summed E-state index contributed by atoms with van der Waals surface area (Å²) in [4.78, 5) is 21.6. The molecule has 8 nitrogen and oxygen atoms in total. The van der Waals surface area contributed by atoms with Crippen LogP contribution >= 0.6 is 0 Å². The van der Waals surface area contributed by atoms with Crippen LogP contribution in [0.1, 0.15) is 50.9 Å². The first-order valence-electron chi connectivity index (χ1n) is 12.6. The van der Waals surface area contributed by atoms with Gasteiger partial charge < -0.3 is 9.47 Å². The number of nitrogens with zero attached hydrogens (tertiary/aromatic N) is 2. The second-order valence-electron chi connectivity index (χ2n) is 10.1. The van der Waals surface area contributed by atoms with Crippen molar-refractivity contribution in [2.24, 2.45) is 17.8 Å². The molecule has 1 aromatic carbocycles. The summed E-state index contributed by atoms with van der Waals surface area (Å²) in [5.74, 6) is -0.358. The Morgan fingerprint density at radius 1 is 1.11 bits per heavy atom. The number of hydrogen-bond donors (Lipinski definition) is 1. The number of nitrogens with one attached hydrogen (secondary N) is 1. The van der Waals surface area contributed by atoms with Crippen LogP contribution in [0.15, 0.2) is 59.8 Å². The summed E-state index contributed by atoms with van der Waals surface area (Å²) in [7, 11) is -4.22. The maximum absolute atomic E-state index is 14.4. The van der Waals surface area contributed by atoms with Crippen molar-refractivity contribution in [2.45, 2.75) is 51.7 Å². The van der Waals surface area contributed by atoms with Crippen molar-refractivity contribution in [2.75, 3.05) is 6.61 Å². The minimum absolute atomic E-state index is 0.0178. The SMILES string of the molecule is CC(C)COc1cc(F)cc(-c2ccc(C(=O)NS(=O)(=O)c3ccccn3)c(OC3C(C)CCC3C)n2)c1. The van der Waals surface area contributed by atoms with E-state index in [0.29, 0.717) is 23.6 Å². The van der Waals surface area contributed by atoms with E-state index in [9.17, 15) is 17.6 Å². The number of carbonyl (C=O) groups excluding carboxylic acids is 1. The van der Waals surface area contributed by atoms with Crippen molar-refractivity contribution in [1.29, 1.82) is 0 Å². The lowest BCUT2D eigenvalue weighted by atomic mass is 10.0. The highest BCUT2D eigenvalue weighted by Gasteiger charge is 2.34. The molecular weight excluding hydrogens is 509 g/mol. The average molecular weight is 542 g/mol. The van der Waals surface area contributed by atoms with E-state index in [2.05, 4.69) is 28.5 Å². The first kappa shape index (κ1) is 27.5. The quantitative estimate of drug-likeness (QED) is 0.394. The molecule has 10 heteroatoms. The standard InChI is InChI=1S/C28H32FN3O5S/c1-17(2)16-36-22-14-20(13-21(29)15-22)24-11-10-23(28(31-24)37-26-18(3)8-9-19(26)4)27(33)32-38(34,35)25-7-5-6-12-30-25/h5-7,10-15,17-19,26H,8-9,16H2,1-4H3,(H,32,33). The van der Waals surface area contributed by atoms with E-state index in [4.69, 9.17) is 9.47 Å². The van der Waals surface area contributed by atoms with Crippen molar-refractivity contribution in [3.05, 3.63) is 66.1 Å². The van der Waals surface area contributed by atoms with E-state index in [1.54, 1.807) is 12.1 Å². The third kappa shape index (κ3) is 6.48. The predicted octanol–water partition coefficient (Wildman–Crippen LogP) is 5.25. The van der Waals surface area contributed by atoms with Crippen molar-refractivity contribution in [3.8, 4) is 22.9 Å². The van der Waals surface area contributed by atoms with Crippen molar-refractivity contribution < 1.29 is 27.1 Å². The Morgan fingerprint density at radius 3 is 2.50 bits per heavy atom. The first-order valence-corrected chi connectivity index (χ1v) is 14.1. The smallest absolute Gasteiger partial charge is 0.281 e. The third-order valence-corrected chi connectivity index (χ3v) is 7.69. The summed E-state index contributed by atoms with van der Waals surface area (Å²) in [5.41, 5.74) is 0.748. The summed E-state index contributed by atoms with van der Waals surface area (Å²) >= 11 is 0. The molecule has 0 radical (unpaired) electrons. The lowest BCUT2D eigenvalue weighted by Crippen LogP contribution is -2.33. The molecule has 4 rings (SSSR count). The lowest BCUT2D eigenvalue weighted by Gasteiger charge is -2.23. The van der Waals surface area contributed by atoms with Crippen molar-refractivity contribution in [1.82, 2.24) is 14.7 Å². The Hall–Kier alpha value is -3.53. The maximum Gasteiger partial charge on any atom is 0.281 e. The number of sulfonamides is 1. The summed E-state index contributed by atoms with van der Waals surface area (Å²) in [6.45, 7) is 8.54. The number of halogens is 1. The molecule has 0 spiro atoms. The van der Waals surface area contributed by atoms with E-state index in [0.717, 1.165) is 12.8 Å². The van der Waals surface area contributed by atoms with Crippen LogP contribution in [0.4, 0.5) is 4.39 Å². The number of ether oxygens (including phenoxy) is 2. The molecule has 0 bridgehead atoms. The van der Waals surface area contributed by atoms with Crippen LogP contribution in [0.2, 0.25) is 0 Å². The molecule has 38 heavy (non-hydrogen) atoms. The van der Waals surface area contributed by atoms with Crippen LogP contribution in [0, 0.1) is 23.6 Å². The van der Waals surface area contributed by atoms with Gasteiger partial charge in [0.15, 0.2) is 5.03 Å². The molecule has 1 aliphatic rings. The van der Waals surface area contributed by atoms with Gasteiger partial charge in [-0.15, -0.1) is 0 Å². The van der Waals surface area contributed by atoms with Crippen LogP contribution < -0.4 is 14.2 Å². The fourth-order valence-corrected chi connectivity index (χ4v) is 5.35. The number of amides is 1. The molecule has 2 atom stereocenters. The highest BCUT2D eigenvalue weighted by Crippen LogP contribution is 2.35.